The summed E-state index contributed by atoms with van der Waals surface area (Å²) in [6, 6.07) is 7.58. The molecule has 3 N–H and O–H groups in total. The van der Waals surface area contributed by atoms with Crippen LogP contribution in [0.5, 0.6) is 0 Å². The number of rotatable bonds is 4. The summed E-state index contributed by atoms with van der Waals surface area (Å²) in [4.78, 5) is 8.58. The molecule has 3 rings (SSSR count). The van der Waals surface area contributed by atoms with Gasteiger partial charge >= 0.3 is 0 Å². The predicted octanol–water partition coefficient (Wildman–Crippen LogP) is 1.94. The van der Waals surface area contributed by atoms with E-state index in [0.717, 1.165) is 18.7 Å². The summed E-state index contributed by atoms with van der Waals surface area (Å²) in [6.07, 6.45) is 4.49. The molecule has 0 aromatic carbocycles. The lowest BCUT2D eigenvalue weighted by molar-refractivity contribution is 0.0859. The van der Waals surface area contributed by atoms with Crippen LogP contribution in [-0.2, 0) is 11.8 Å². The van der Waals surface area contributed by atoms with Crippen molar-refractivity contribution in [3.63, 3.8) is 0 Å². The summed E-state index contributed by atoms with van der Waals surface area (Å²) in [7, 11) is 1.92. The number of aryl methyl sites for hydroxylation is 1. The fourth-order valence-electron chi connectivity index (χ4n) is 2.63. The van der Waals surface area contributed by atoms with E-state index in [1.165, 1.54) is 0 Å². The van der Waals surface area contributed by atoms with Crippen molar-refractivity contribution in [1.29, 1.82) is 0 Å². The van der Waals surface area contributed by atoms with E-state index in [1.54, 1.807) is 12.4 Å². The summed E-state index contributed by atoms with van der Waals surface area (Å²) in [5, 5.41) is 7.19. The lowest BCUT2D eigenvalue weighted by atomic mass is 9.99. The van der Waals surface area contributed by atoms with Crippen LogP contribution >= 0.6 is 24.0 Å². The molecule has 1 fully saturated rings. The van der Waals surface area contributed by atoms with Crippen molar-refractivity contribution in [2.45, 2.75) is 12.5 Å². The molecule has 124 valence electrons. The van der Waals surface area contributed by atoms with E-state index in [-0.39, 0.29) is 30.1 Å². The minimum Gasteiger partial charge on any atom is -0.372 e. The summed E-state index contributed by atoms with van der Waals surface area (Å²) < 4.78 is 7.69. The molecule has 23 heavy (non-hydrogen) atoms. The number of guanidine groups is 1. The number of hydrogen-bond acceptors (Lipinski definition) is 4. The number of aromatic nitrogens is 3. The standard InChI is InChI=1S/C15H20N6O.HI/c1-21-12(5-8-19-21)14-11(6-9-22-14)10-18-15(16)20-13-4-2-3-7-17-13;/h2-5,7-8,11,14H,6,9-10H2,1H3,(H3,16,17,18,20);1H/t11-,14+;/m0./s1. The highest BCUT2D eigenvalue weighted by Gasteiger charge is 2.31. The maximum atomic E-state index is 5.92. The topological polar surface area (TPSA) is 90.3 Å². The summed E-state index contributed by atoms with van der Waals surface area (Å²) in [5.41, 5.74) is 7.00. The van der Waals surface area contributed by atoms with Crippen molar-refractivity contribution < 1.29 is 4.74 Å². The molecule has 0 saturated carbocycles. The molecule has 2 atom stereocenters. The highest BCUT2D eigenvalue weighted by molar-refractivity contribution is 14.0. The number of aliphatic imine (C=N–C) groups is 1. The molecule has 2 aromatic rings. The Bertz CT molecular complexity index is 644. The zero-order chi connectivity index (χ0) is 15.4. The zero-order valence-corrected chi connectivity index (χ0v) is 15.3. The maximum Gasteiger partial charge on any atom is 0.194 e. The number of nitrogens with zero attached hydrogens (tertiary/aromatic N) is 4. The van der Waals surface area contributed by atoms with Gasteiger partial charge in [-0.15, -0.1) is 24.0 Å². The van der Waals surface area contributed by atoms with Crippen molar-refractivity contribution in [3.8, 4) is 0 Å². The molecule has 3 heterocycles. The van der Waals surface area contributed by atoms with Gasteiger partial charge in [0.15, 0.2) is 5.96 Å². The second-order valence-corrected chi connectivity index (χ2v) is 5.29. The highest BCUT2D eigenvalue weighted by atomic mass is 127. The molecular weight excluding hydrogens is 407 g/mol. The van der Waals surface area contributed by atoms with Gasteiger partial charge in [0.1, 0.15) is 11.9 Å². The second-order valence-electron chi connectivity index (χ2n) is 5.29. The number of pyridine rings is 1. The fourth-order valence-corrected chi connectivity index (χ4v) is 2.63. The first-order chi connectivity index (χ1) is 10.7. The van der Waals surface area contributed by atoms with Crippen LogP contribution in [0.1, 0.15) is 18.2 Å². The average Bonchev–Trinajstić information content (AvgIpc) is 3.14. The molecule has 0 aliphatic carbocycles. The van der Waals surface area contributed by atoms with Gasteiger partial charge in [0.25, 0.3) is 0 Å². The van der Waals surface area contributed by atoms with E-state index >= 15 is 0 Å². The van der Waals surface area contributed by atoms with Crippen molar-refractivity contribution >= 4 is 35.8 Å². The van der Waals surface area contributed by atoms with E-state index in [4.69, 9.17) is 10.5 Å². The van der Waals surface area contributed by atoms with Crippen LogP contribution in [0.25, 0.3) is 0 Å². The molecule has 0 spiro atoms. The molecule has 0 unspecified atom stereocenters. The van der Waals surface area contributed by atoms with E-state index in [0.29, 0.717) is 24.2 Å². The third kappa shape index (κ3) is 4.41. The monoisotopic (exact) mass is 428 g/mol. The lowest BCUT2D eigenvalue weighted by Crippen LogP contribution is -2.25. The fraction of sp³-hybridized carbons (Fsp3) is 0.400. The number of halogens is 1. The quantitative estimate of drug-likeness (QED) is 0.442. The average molecular weight is 428 g/mol. The first kappa shape index (κ1) is 17.7. The summed E-state index contributed by atoms with van der Waals surface area (Å²) in [6.45, 7) is 1.35. The van der Waals surface area contributed by atoms with Crippen molar-refractivity contribution in [3.05, 3.63) is 42.4 Å². The zero-order valence-electron chi connectivity index (χ0n) is 12.9. The Kier molecular flexibility index (Phi) is 6.34. The number of ether oxygens (including phenoxy) is 1. The largest absolute Gasteiger partial charge is 0.372 e. The predicted molar refractivity (Wildman–Crippen MR) is 99.8 cm³/mol. The molecular formula is C15H21IN6O. The van der Waals surface area contributed by atoms with Gasteiger partial charge in [-0.3, -0.25) is 9.67 Å². The first-order valence-electron chi connectivity index (χ1n) is 7.31. The molecule has 0 bridgehead atoms. The second kappa shape index (κ2) is 8.25. The van der Waals surface area contributed by atoms with E-state index in [2.05, 4.69) is 20.4 Å². The number of nitrogens with two attached hydrogens (primary N) is 1. The minimum absolute atomic E-state index is 0. The Balaban J connectivity index is 0.00000192. The van der Waals surface area contributed by atoms with Crippen molar-refractivity contribution in [1.82, 2.24) is 14.8 Å². The van der Waals surface area contributed by atoms with Gasteiger partial charge in [-0.05, 0) is 24.6 Å². The van der Waals surface area contributed by atoms with Gasteiger partial charge in [-0.2, -0.15) is 5.10 Å². The molecule has 0 amide bonds. The van der Waals surface area contributed by atoms with Crippen LogP contribution in [0.2, 0.25) is 0 Å². The van der Waals surface area contributed by atoms with Crippen LogP contribution in [0, 0.1) is 5.92 Å². The van der Waals surface area contributed by atoms with Gasteiger partial charge in [-0.25, -0.2) is 4.98 Å². The lowest BCUT2D eigenvalue weighted by Gasteiger charge is -2.17. The Morgan fingerprint density at radius 2 is 2.30 bits per heavy atom. The van der Waals surface area contributed by atoms with Crippen LogP contribution in [0.3, 0.4) is 0 Å². The first-order valence-corrected chi connectivity index (χ1v) is 7.31. The Morgan fingerprint density at radius 1 is 1.43 bits per heavy atom. The summed E-state index contributed by atoms with van der Waals surface area (Å²) >= 11 is 0. The Morgan fingerprint density at radius 3 is 3.00 bits per heavy atom. The van der Waals surface area contributed by atoms with Gasteiger partial charge in [0.2, 0.25) is 0 Å². The number of hydrogen-bond donors (Lipinski definition) is 2. The summed E-state index contributed by atoms with van der Waals surface area (Å²) in [5.74, 6) is 1.36. The maximum absolute atomic E-state index is 5.92. The van der Waals surface area contributed by atoms with E-state index < -0.39 is 0 Å². The van der Waals surface area contributed by atoms with Crippen LogP contribution in [0.4, 0.5) is 5.82 Å². The molecule has 1 saturated heterocycles. The highest BCUT2D eigenvalue weighted by Crippen LogP contribution is 2.34. The third-order valence-corrected chi connectivity index (χ3v) is 3.78. The number of anilines is 1. The molecule has 8 heteroatoms. The van der Waals surface area contributed by atoms with Crippen molar-refractivity contribution in [2.75, 3.05) is 18.5 Å². The van der Waals surface area contributed by atoms with Gasteiger partial charge < -0.3 is 15.8 Å². The van der Waals surface area contributed by atoms with Gasteiger partial charge in [0.05, 0.1) is 5.69 Å². The van der Waals surface area contributed by atoms with Crippen LogP contribution in [0.15, 0.2) is 41.7 Å². The molecule has 7 nitrogen and oxygen atoms in total. The van der Waals surface area contributed by atoms with Gasteiger partial charge in [0, 0.05) is 38.5 Å². The van der Waals surface area contributed by atoms with Crippen molar-refractivity contribution in [2.24, 2.45) is 23.7 Å². The van der Waals surface area contributed by atoms with Crippen LogP contribution in [-0.4, -0.2) is 33.9 Å². The minimum atomic E-state index is 0. The van der Waals surface area contributed by atoms with Gasteiger partial charge in [-0.1, -0.05) is 6.07 Å². The van der Waals surface area contributed by atoms with E-state index in [1.807, 2.05) is 36.0 Å². The SMILES string of the molecule is Cn1nccc1[C@@H]1OCC[C@H]1CN=C(N)Nc1ccccn1.I. The number of nitrogens with one attached hydrogen (secondary N) is 1. The normalized spacial score (nSPS) is 21.0. The Labute approximate surface area is 152 Å². The third-order valence-electron chi connectivity index (χ3n) is 3.78. The Hall–Kier alpha value is -1.68. The molecule has 1 aliphatic heterocycles. The molecule has 1 aliphatic rings. The molecule has 0 radical (unpaired) electrons. The molecule has 2 aromatic heterocycles. The smallest absolute Gasteiger partial charge is 0.194 e. The van der Waals surface area contributed by atoms with E-state index in [9.17, 15) is 0 Å². The van der Waals surface area contributed by atoms with Crippen LogP contribution < -0.4 is 11.1 Å².